The first-order chi connectivity index (χ1) is 11.2. The van der Waals surface area contributed by atoms with Crippen LogP contribution < -0.4 is 20.1 Å². The second kappa shape index (κ2) is 9.39. The van der Waals surface area contributed by atoms with Crippen LogP contribution in [0.2, 0.25) is 0 Å². The van der Waals surface area contributed by atoms with Gasteiger partial charge in [0.25, 0.3) is 0 Å². The molecule has 3 rings (SSSR count). The lowest BCUT2D eigenvalue weighted by Crippen LogP contribution is -2.51. The highest BCUT2D eigenvalue weighted by atomic mass is 35.5. The van der Waals surface area contributed by atoms with E-state index in [1.165, 1.54) is 0 Å². The van der Waals surface area contributed by atoms with Gasteiger partial charge in [0.2, 0.25) is 5.91 Å². The first-order valence-corrected chi connectivity index (χ1v) is 9.26. The van der Waals surface area contributed by atoms with Crippen LogP contribution in [0.25, 0.3) is 0 Å². The Morgan fingerprint density at radius 3 is 2.92 bits per heavy atom. The molecule has 5 nitrogen and oxygen atoms in total. The van der Waals surface area contributed by atoms with Crippen LogP contribution in [0.15, 0.2) is 23.1 Å². The van der Waals surface area contributed by atoms with Crippen molar-refractivity contribution < 1.29 is 14.3 Å². The fraction of sp³-hybridized carbons (Fsp3) is 0.588. The Labute approximate surface area is 153 Å². The van der Waals surface area contributed by atoms with Crippen LogP contribution >= 0.6 is 24.2 Å². The van der Waals surface area contributed by atoms with E-state index in [-0.39, 0.29) is 24.4 Å². The Balaban J connectivity index is 0.00000208. The number of amides is 1. The fourth-order valence-electron chi connectivity index (χ4n) is 2.90. The molecule has 1 aromatic carbocycles. The molecule has 1 amide bonds. The second-order valence-corrected chi connectivity index (χ2v) is 7.13. The second-order valence-electron chi connectivity index (χ2n) is 5.96. The SMILES string of the molecule is CC1NCCCC1NC(=O)CCSc1ccc2c(c1)OCCO2.Cl. The minimum Gasteiger partial charge on any atom is -0.486 e. The summed E-state index contributed by atoms with van der Waals surface area (Å²) in [6.07, 6.45) is 2.72. The summed E-state index contributed by atoms with van der Waals surface area (Å²) >= 11 is 1.67. The molecule has 0 spiro atoms. The molecule has 1 saturated heterocycles. The molecule has 2 aliphatic rings. The van der Waals surface area contributed by atoms with E-state index >= 15 is 0 Å². The molecule has 0 aromatic heterocycles. The number of hydrogen-bond donors (Lipinski definition) is 2. The van der Waals surface area contributed by atoms with Crippen LogP contribution in [0.3, 0.4) is 0 Å². The number of carbonyl (C=O) groups excluding carboxylic acids is 1. The van der Waals surface area contributed by atoms with Crippen molar-refractivity contribution in [3.05, 3.63) is 18.2 Å². The van der Waals surface area contributed by atoms with Gasteiger partial charge < -0.3 is 20.1 Å². The van der Waals surface area contributed by atoms with Crippen molar-refractivity contribution >= 4 is 30.1 Å². The van der Waals surface area contributed by atoms with E-state index in [1.807, 2.05) is 18.2 Å². The summed E-state index contributed by atoms with van der Waals surface area (Å²) in [5.41, 5.74) is 0. The highest BCUT2D eigenvalue weighted by molar-refractivity contribution is 7.99. The Morgan fingerprint density at radius 1 is 1.33 bits per heavy atom. The quantitative estimate of drug-likeness (QED) is 0.778. The third kappa shape index (κ3) is 5.19. The molecular formula is C17H25ClN2O3S. The van der Waals surface area contributed by atoms with Gasteiger partial charge in [0.15, 0.2) is 11.5 Å². The zero-order valence-electron chi connectivity index (χ0n) is 13.9. The molecule has 1 aromatic rings. The van der Waals surface area contributed by atoms with Crippen molar-refractivity contribution in [2.75, 3.05) is 25.5 Å². The van der Waals surface area contributed by atoms with Crippen LogP contribution in [0.1, 0.15) is 26.2 Å². The number of rotatable bonds is 5. The predicted molar refractivity (Wildman–Crippen MR) is 98.7 cm³/mol. The maximum Gasteiger partial charge on any atom is 0.221 e. The number of nitrogens with one attached hydrogen (secondary N) is 2. The van der Waals surface area contributed by atoms with Gasteiger partial charge in [0, 0.05) is 29.2 Å². The summed E-state index contributed by atoms with van der Waals surface area (Å²) in [4.78, 5) is 13.2. The van der Waals surface area contributed by atoms with E-state index in [1.54, 1.807) is 11.8 Å². The normalized spacial score (nSPS) is 22.4. The molecule has 134 valence electrons. The molecule has 2 heterocycles. The number of carbonyl (C=O) groups is 1. The van der Waals surface area contributed by atoms with Crippen LogP contribution in [0.5, 0.6) is 11.5 Å². The van der Waals surface area contributed by atoms with Crippen molar-refractivity contribution in [3.8, 4) is 11.5 Å². The smallest absolute Gasteiger partial charge is 0.221 e. The molecule has 2 N–H and O–H groups in total. The van der Waals surface area contributed by atoms with Gasteiger partial charge in [-0.3, -0.25) is 4.79 Å². The van der Waals surface area contributed by atoms with Gasteiger partial charge in [-0.2, -0.15) is 0 Å². The van der Waals surface area contributed by atoms with E-state index in [0.29, 0.717) is 25.7 Å². The topological polar surface area (TPSA) is 59.6 Å². The molecule has 0 aliphatic carbocycles. The highest BCUT2D eigenvalue weighted by Gasteiger charge is 2.22. The van der Waals surface area contributed by atoms with Gasteiger partial charge in [0.05, 0.1) is 0 Å². The third-order valence-electron chi connectivity index (χ3n) is 4.22. The summed E-state index contributed by atoms with van der Waals surface area (Å²) in [7, 11) is 0. The lowest BCUT2D eigenvalue weighted by molar-refractivity contribution is -0.121. The van der Waals surface area contributed by atoms with Crippen LogP contribution in [0, 0.1) is 0 Å². The number of piperidine rings is 1. The van der Waals surface area contributed by atoms with Gasteiger partial charge in [-0.25, -0.2) is 0 Å². The van der Waals surface area contributed by atoms with E-state index in [9.17, 15) is 4.79 Å². The summed E-state index contributed by atoms with van der Waals surface area (Å²) in [6.45, 7) is 4.38. The number of benzene rings is 1. The van der Waals surface area contributed by atoms with Crippen molar-refractivity contribution in [2.45, 2.75) is 43.2 Å². The average Bonchev–Trinajstić information content (AvgIpc) is 2.57. The first-order valence-electron chi connectivity index (χ1n) is 8.27. The van der Waals surface area contributed by atoms with E-state index < -0.39 is 0 Å². The molecule has 2 unspecified atom stereocenters. The average molecular weight is 373 g/mol. The molecule has 0 saturated carbocycles. The summed E-state index contributed by atoms with van der Waals surface area (Å²) in [6, 6.07) is 6.56. The van der Waals surface area contributed by atoms with Gasteiger partial charge in [-0.05, 0) is 44.5 Å². The van der Waals surface area contributed by atoms with Gasteiger partial charge in [0.1, 0.15) is 13.2 Å². The molecule has 2 aliphatic heterocycles. The van der Waals surface area contributed by atoms with Gasteiger partial charge >= 0.3 is 0 Å². The minimum atomic E-state index is 0. The van der Waals surface area contributed by atoms with Crippen molar-refractivity contribution in [1.29, 1.82) is 0 Å². The molecule has 0 radical (unpaired) electrons. The fourth-order valence-corrected chi connectivity index (χ4v) is 3.77. The van der Waals surface area contributed by atoms with Crippen molar-refractivity contribution in [1.82, 2.24) is 10.6 Å². The molecule has 1 fully saturated rings. The molecule has 0 bridgehead atoms. The molecule has 2 atom stereocenters. The van der Waals surface area contributed by atoms with Crippen molar-refractivity contribution in [2.24, 2.45) is 0 Å². The Kier molecular flexibility index (Phi) is 7.52. The van der Waals surface area contributed by atoms with Gasteiger partial charge in [-0.1, -0.05) is 0 Å². The standard InChI is InChI=1S/C17H24N2O3S.ClH/c1-12-14(3-2-7-18-12)19-17(20)6-10-23-13-4-5-15-16(11-13)22-9-8-21-15;/h4-5,11-12,14,18H,2-3,6-10H2,1H3,(H,19,20);1H. The monoisotopic (exact) mass is 372 g/mol. The maximum atomic E-state index is 12.1. The number of fused-ring (bicyclic) bond motifs is 1. The minimum absolute atomic E-state index is 0. The largest absolute Gasteiger partial charge is 0.486 e. The number of hydrogen-bond acceptors (Lipinski definition) is 5. The lowest BCUT2D eigenvalue weighted by Gasteiger charge is -2.30. The predicted octanol–water partition coefficient (Wildman–Crippen LogP) is 2.62. The number of ether oxygens (including phenoxy) is 2. The summed E-state index contributed by atoms with van der Waals surface area (Å²) < 4.78 is 11.1. The molecule has 24 heavy (non-hydrogen) atoms. The Morgan fingerprint density at radius 2 is 2.12 bits per heavy atom. The zero-order valence-corrected chi connectivity index (χ0v) is 15.5. The molecule has 7 heteroatoms. The third-order valence-corrected chi connectivity index (χ3v) is 5.22. The van der Waals surface area contributed by atoms with E-state index in [2.05, 4.69) is 17.6 Å². The Bertz CT molecular complexity index is 559. The summed E-state index contributed by atoms with van der Waals surface area (Å²) in [5.74, 6) is 2.50. The lowest BCUT2D eigenvalue weighted by atomic mass is 10.00. The van der Waals surface area contributed by atoms with Gasteiger partial charge in [-0.15, -0.1) is 24.2 Å². The number of halogens is 1. The highest BCUT2D eigenvalue weighted by Crippen LogP contribution is 2.34. The van der Waals surface area contributed by atoms with Crippen LogP contribution in [-0.4, -0.2) is 43.5 Å². The van der Waals surface area contributed by atoms with Crippen LogP contribution in [0.4, 0.5) is 0 Å². The Hall–Kier alpha value is -1.11. The van der Waals surface area contributed by atoms with Crippen molar-refractivity contribution in [3.63, 3.8) is 0 Å². The summed E-state index contributed by atoms with van der Waals surface area (Å²) in [5, 5.41) is 6.55. The van der Waals surface area contributed by atoms with E-state index in [0.717, 1.165) is 41.5 Å². The van der Waals surface area contributed by atoms with Crippen LogP contribution in [-0.2, 0) is 4.79 Å². The number of thioether (sulfide) groups is 1. The zero-order chi connectivity index (χ0) is 16.1. The maximum absolute atomic E-state index is 12.1. The van der Waals surface area contributed by atoms with E-state index in [4.69, 9.17) is 9.47 Å². The first kappa shape index (κ1) is 19.2. The molecular weight excluding hydrogens is 348 g/mol.